The molecule has 0 aliphatic rings. The van der Waals surface area contributed by atoms with Gasteiger partial charge in [-0.25, -0.2) is 18.1 Å². The number of hydrogen-bond donors (Lipinski definition) is 1. The van der Waals surface area contributed by atoms with Crippen LogP contribution >= 0.6 is 22.9 Å². The number of thiazole rings is 1. The SMILES string of the molecule is Cc1cccc(Cl)c1S(=O)(=O)N[C@@H](C)c1nccs1. The lowest BCUT2D eigenvalue weighted by Gasteiger charge is -2.14. The van der Waals surface area contributed by atoms with Crippen LogP contribution in [0.2, 0.25) is 5.02 Å². The highest BCUT2D eigenvalue weighted by Crippen LogP contribution is 2.26. The lowest BCUT2D eigenvalue weighted by atomic mass is 10.2. The molecule has 4 nitrogen and oxygen atoms in total. The van der Waals surface area contributed by atoms with Crippen molar-refractivity contribution in [3.63, 3.8) is 0 Å². The number of halogens is 1. The van der Waals surface area contributed by atoms with Gasteiger partial charge in [0, 0.05) is 11.6 Å². The smallest absolute Gasteiger partial charge is 0.242 e. The standard InChI is InChI=1S/C12H13ClN2O2S2/c1-8-4-3-5-10(13)11(8)19(16,17)15-9(2)12-14-6-7-18-12/h3-7,9,15H,1-2H3/t9-/m0/s1. The lowest BCUT2D eigenvalue weighted by molar-refractivity contribution is 0.566. The van der Waals surface area contributed by atoms with Crippen molar-refractivity contribution in [1.29, 1.82) is 0 Å². The second-order valence-corrected chi connectivity index (χ2v) is 7.08. The maximum absolute atomic E-state index is 12.4. The Kier molecular flexibility index (Phi) is 4.25. The van der Waals surface area contributed by atoms with Gasteiger partial charge in [0.1, 0.15) is 9.90 Å². The fourth-order valence-electron chi connectivity index (χ4n) is 1.75. The van der Waals surface area contributed by atoms with Crippen molar-refractivity contribution >= 4 is 33.0 Å². The largest absolute Gasteiger partial charge is 0.248 e. The van der Waals surface area contributed by atoms with Gasteiger partial charge in [-0.3, -0.25) is 0 Å². The van der Waals surface area contributed by atoms with Crippen LogP contribution in [-0.4, -0.2) is 13.4 Å². The van der Waals surface area contributed by atoms with E-state index in [0.717, 1.165) is 0 Å². The molecule has 1 heterocycles. The fraction of sp³-hybridized carbons (Fsp3) is 0.250. The molecule has 1 aromatic carbocycles. The van der Waals surface area contributed by atoms with Crippen LogP contribution in [-0.2, 0) is 10.0 Å². The molecule has 1 aromatic heterocycles. The molecule has 7 heteroatoms. The Labute approximate surface area is 121 Å². The second-order valence-electron chi connectivity index (χ2n) is 4.10. The third kappa shape index (κ3) is 3.14. The van der Waals surface area contributed by atoms with Crippen LogP contribution in [0.15, 0.2) is 34.7 Å². The Hall–Kier alpha value is -0.950. The van der Waals surface area contributed by atoms with E-state index in [9.17, 15) is 8.42 Å². The first-order valence-electron chi connectivity index (χ1n) is 5.58. The van der Waals surface area contributed by atoms with Gasteiger partial charge in [0.05, 0.1) is 11.1 Å². The van der Waals surface area contributed by atoms with Gasteiger partial charge < -0.3 is 0 Å². The summed E-state index contributed by atoms with van der Waals surface area (Å²) in [5.41, 5.74) is 0.617. The minimum Gasteiger partial charge on any atom is -0.248 e. The average molecular weight is 317 g/mol. The van der Waals surface area contributed by atoms with Gasteiger partial charge in [-0.1, -0.05) is 23.7 Å². The Bertz CT molecular complexity index is 649. The molecule has 1 atom stereocenters. The van der Waals surface area contributed by atoms with Crippen molar-refractivity contribution in [2.24, 2.45) is 0 Å². The Morgan fingerprint density at radius 3 is 2.74 bits per heavy atom. The molecule has 0 bridgehead atoms. The Balaban J connectivity index is 2.33. The molecule has 0 aliphatic carbocycles. The highest BCUT2D eigenvalue weighted by atomic mass is 35.5. The zero-order valence-corrected chi connectivity index (χ0v) is 12.8. The third-order valence-electron chi connectivity index (χ3n) is 2.59. The molecule has 0 radical (unpaired) electrons. The molecule has 0 amide bonds. The first-order valence-corrected chi connectivity index (χ1v) is 8.33. The Morgan fingerprint density at radius 2 is 2.16 bits per heavy atom. The first-order chi connectivity index (χ1) is 8.92. The molecule has 0 saturated heterocycles. The molecule has 102 valence electrons. The second kappa shape index (κ2) is 5.58. The highest BCUT2D eigenvalue weighted by Gasteiger charge is 2.23. The number of nitrogens with zero attached hydrogens (tertiary/aromatic N) is 1. The Morgan fingerprint density at radius 1 is 1.42 bits per heavy atom. The normalized spacial score (nSPS) is 13.4. The molecule has 0 saturated carbocycles. The van der Waals surface area contributed by atoms with E-state index in [-0.39, 0.29) is 16.0 Å². The summed E-state index contributed by atoms with van der Waals surface area (Å²) in [7, 11) is -3.66. The third-order valence-corrected chi connectivity index (χ3v) is 5.71. The van der Waals surface area contributed by atoms with Crippen LogP contribution in [0.25, 0.3) is 0 Å². The molecule has 2 rings (SSSR count). The van der Waals surface area contributed by atoms with Crippen molar-refractivity contribution in [2.45, 2.75) is 24.8 Å². The van der Waals surface area contributed by atoms with E-state index in [4.69, 9.17) is 11.6 Å². The molecule has 0 unspecified atom stereocenters. The zero-order chi connectivity index (χ0) is 14.0. The molecule has 2 aromatic rings. The van der Waals surface area contributed by atoms with Crippen LogP contribution < -0.4 is 4.72 Å². The molecule has 0 fully saturated rings. The first kappa shape index (κ1) is 14.5. The van der Waals surface area contributed by atoms with Crippen LogP contribution in [0.1, 0.15) is 23.5 Å². The maximum atomic E-state index is 12.4. The van der Waals surface area contributed by atoms with Crippen LogP contribution in [0, 0.1) is 6.92 Å². The van der Waals surface area contributed by atoms with Crippen LogP contribution in [0.5, 0.6) is 0 Å². The van der Waals surface area contributed by atoms with E-state index in [2.05, 4.69) is 9.71 Å². The molecular weight excluding hydrogens is 304 g/mol. The summed E-state index contributed by atoms with van der Waals surface area (Å²) in [6.45, 7) is 3.47. The van der Waals surface area contributed by atoms with Crippen molar-refractivity contribution in [1.82, 2.24) is 9.71 Å². The molecule has 0 aliphatic heterocycles. The number of sulfonamides is 1. The monoisotopic (exact) mass is 316 g/mol. The average Bonchev–Trinajstić information content (AvgIpc) is 2.80. The summed E-state index contributed by atoms with van der Waals surface area (Å²) in [5.74, 6) is 0. The van der Waals surface area contributed by atoms with E-state index >= 15 is 0 Å². The molecule has 19 heavy (non-hydrogen) atoms. The number of nitrogens with one attached hydrogen (secondary N) is 1. The van der Waals surface area contributed by atoms with E-state index in [1.54, 1.807) is 43.6 Å². The van der Waals surface area contributed by atoms with E-state index in [1.807, 2.05) is 0 Å². The van der Waals surface area contributed by atoms with Crippen molar-refractivity contribution in [3.05, 3.63) is 45.4 Å². The van der Waals surface area contributed by atoms with Crippen LogP contribution in [0.3, 0.4) is 0 Å². The number of rotatable bonds is 4. The van der Waals surface area contributed by atoms with E-state index < -0.39 is 10.0 Å². The summed E-state index contributed by atoms with van der Waals surface area (Å²) in [6.07, 6.45) is 1.64. The quantitative estimate of drug-likeness (QED) is 0.942. The predicted molar refractivity (Wildman–Crippen MR) is 77.0 cm³/mol. The number of benzene rings is 1. The summed E-state index contributed by atoms with van der Waals surface area (Å²) in [5, 5.41) is 2.74. The van der Waals surface area contributed by atoms with Gasteiger partial charge in [-0.05, 0) is 25.5 Å². The minimum atomic E-state index is -3.66. The zero-order valence-electron chi connectivity index (χ0n) is 10.4. The number of aryl methyl sites for hydroxylation is 1. The highest BCUT2D eigenvalue weighted by molar-refractivity contribution is 7.89. The summed E-state index contributed by atoms with van der Waals surface area (Å²) < 4.78 is 27.3. The molecular formula is C12H13ClN2O2S2. The fourth-order valence-corrected chi connectivity index (χ4v) is 4.51. The van der Waals surface area contributed by atoms with Crippen molar-refractivity contribution < 1.29 is 8.42 Å². The van der Waals surface area contributed by atoms with Gasteiger partial charge in [-0.15, -0.1) is 11.3 Å². The van der Waals surface area contributed by atoms with Gasteiger partial charge >= 0.3 is 0 Å². The van der Waals surface area contributed by atoms with Crippen molar-refractivity contribution in [3.8, 4) is 0 Å². The summed E-state index contributed by atoms with van der Waals surface area (Å²) >= 11 is 7.39. The summed E-state index contributed by atoms with van der Waals surface area (Å²) in [6, 6.07) is 4.62. The predicted octanol–water partition coefficient (Wildman–Crippen LogP) is 3.14. The van der Waals surface area contributed by atoms with E-state index in [1.165, 1.54) is 11.3 Å². The molecule has 1 N–H and O–H groups in total. The van der Waals surface area contributed by atoms with E-state index in [0.29, 0.717) is 10.6 Å². The number of aromatic nitrogens is 1. The lowest BCUT2D eigenvalue weighted by Crippen LogP contribution is -2.27. The maximum Gasteiger partial charge on any atom is 0.242 e. The van der Waals surface area contributed by atoms with Crippen LogP contribution in [0.4, 0.5) is 0 Å². The number of hydrogen-bond acceptors (Lipinski definition) is 4. The van der Waals surface area contributed by atoms with Gasteiger partial charge in [0.15, 0.2) is 0 Å². The van der Waals surface area contributed by atoms with Gasteiger partial charge in [0.25, 0.3) is 0 Å². The minimum absolute atomic E-state index is 0.125. The van der Waals surface area contributed by atoms with Gasteiger partial charge in [-0.2, -0.15) is 0 Å². The van der Waals surface area contributed by atoms with Crippen molar-refractivity contribution in [2.75, 3.05) is 0 Å². The summed E-state index contributed by atoms with van der Waals surface area (Å²) in [4.78, 5) is 4.22. The topological polar surface area (TPSA) is 59.1 Å². The van der Waals surface area contributed by atoms with Gasteiger partial charge in [0.2, 0.25) is 10.0 Å². The molecule has 0 spiro atoms.